The molecule has 1 aliphatic rings. The topological polar surface area (TPSA) is 49.3 Å². The Hall–Kier alpha value is -0.570. The van der Waals surface area contributed by atoms with E-state index in [0.717, 1.165) is 19.3 Å². The van der Waals surface area contributed by atoms with E-state index in [4.69, 9.17) is 0 Å². The van der Waals surface area contributed by atoms with E-state index < -0.39 is 0 Å². The van der Waals surface area contributed by atoms with Gasteiger partial charge in [-0.15, -0.1) is 0 Å². The molecule has 0 aromatic heterocycles. The largest absolute Gasteiger partial charge is 0.393 e. The molecule has 1 fully saturated rings. The molecule has 3 nitrogen and oxygen atoms in total. The molecule has 2 atom stereocenters. The van der Waals surface area contributed by atoms with E-state index in [1.807, 2.05) is 0 Å². The zero-order valence-corrected chi connectivity index (χ0v) is 6.84. The van der Waals surface area contributed by atoms with Crippen LogP contribution in [0.4, 0.5) is 0 Å². The Kier molecular flexibility index (Phi) is 2.88. The average molecular weight is 157 g/mol. The van der Waals surface area contributed by atoms with Gasteiger partial charge in [0.05, 0.1) is 6.10 Å². The van der Waals surface area contributed by atoms with Crippen molar-refractivity contribution >= 4 is 5.91 Å². The molecule has 1 amide bonds. The maximum atomic E-state index is 10.5. The van der Waals surface area contributed by atoms with Gasteiger partial charge in [-0.3, -0.25) is 4.79 Å². The first kappa shape index (κ1) is 8.53. The minimum atomic E-state index is -0.193. The van der Waals surface area contributed by atoms with Crippen molar-refractivity contribution in [3.05, 3.63) is 0 Å². The highest BCUT2D eigenvalue weighted by molar-refractivity contribution is 5.72. The van der Waals surface area contributed by atoms with Crippen LogP contribution in [0.2, 0.25) is 0 Å². The maximum Gasteiger partial charge on any atom is 0.216 e. The van der Waals surface area contributed by atoms with Gasteiger partial charge in [0.25, 0.3) is 0 Å². The molecule has 0 saturated heterocycles. The van der Waals surface area contributed by atoms with Crippen LogP contribution in [-0.4, -0.2) is 23.7 Å². The second-order valence-corrected chi connectivity index (χ2v) is 3.20. The van der Waals surface area contributed by atoms with E-state index in [9.17, 15) is 9.90 Å². The normalized spacial score (nSPS) is 30.4. The predicted molar refractivity (Wildman–Crippen MR) is 42.0 cm³/mol. The number of hydrogen-bond donors (Lipinski definition) is 2. The number of rotatable bonds is 2. The highest BCUT2D eigenvalue weighted by Crippen LogP contribution is 2.24. The Bertz CT molecular complexity index is 147. The molecule has 1 aliphatic carbocycles. The van der Waals surface area contributed by atoms with Crippen LogP contribution in [-0.2, 0) is 4.79 Å². The van der Waals surface area contributed by atoms with Crippen LogP contribution in [0.3, 0.4) is 0 Å². The molecule has 11 heavy (non-hydrogen) atoms. The highest BCUT2D eigenvalue weighted by Gasteiger charge is 2.24. The fourth-order valence-electron chi connectivity index (χ4n) is 1.53. The molecular formula is C8H15NO2. The smallest absolute Gasteiger partial charge is 0.216 e. The molecule has 0 unspecified atom stereocenters. The molecule has 3 heteroatoms. The number of amides is 1. The first-order valence-corrected chi connectivity index (χ1v) is 4.12. The van der Waals surface area contributed by atoms with Gasteiger partial charge in [0, 0.05) is 19.4 Å². The van der Waals surface area contributed by atoms with Gasteiger partial charge in [0.2, 0.25) is 5.91 Å². The Morgan fingerprint density at radius 1 is 1.64 bits per heavy atom. The summed E-state index contributed by atoms with van der Waals surface area (Å²) in [5.74, 6) is 0.281. The van der Waals surface area contributed by atoms with Crippen LogP contribution in [0.25, 0.3) is 0 Å². The second kappa shape index (κ2) is 3.72. The van der Waals surface area contributed by atoms with Crippen molar-refractivity contribution in [2.24, 2.45) is 5.92 Å². The number of aliphatic hydroxyl groups is 1. The highest BCUT2D eigenvalue weighted by atomic mass is 16.3. The van der Waals surface area contributed by atoms with Gasteiger partial charge in [0.1, 0.15) is 0 Å². The third-order valence-corrected chi connectivity index (χ3v) is 2.23. The minimum Gasteiger partial charge on any atom is -0.393 e. The minimum absolute atomic E-state index is 0.0101. The number of nitrogens with one attached hydrogen (secondary N) is 1. The van der Waals surface area contributed by atoms with Gasteiger partial charge in [-0.2, -0.15) is 0 Å². The third-order valence-electron chi connectivity index (χ3n) is 2.23. The molecule has 0 aromatic carbocycles. The van der Waals surface area contributed by atoms with Gasteiger partial charge < -0.3 is 10.4 Å². The fraction of sp³-hybridized carbons (Fsp3) is 0.875. The average Bonchev–Trinajstić information content (AvgIpc) is 2.31. The van der Waals surface area contributed by atoms with Crippen LogP contribution >= 0.6 is 0 Å². The number of hydrogen-bond acceptors (Lipinski definition) is 2. The zero-order valence-electron chi connectivity index (χ0n) is 6.84. The summed E-state index contributed by atoms with van der Waals surface area (Å²) < 4.78 is 0. The first-order valence-electron chi connectivity index (χ1n) is 4.12. The molecule has 64 valence electrons. The SMILES string of the molecule is CC(=O)NC[C@@H]1CCC[C@@H]1O. The van der Waals surface area contributed by atoms with Crippen LogP contribution in [0.15, 0.2) is 0 Å². The van der Waals surface area contributed by atoms with Crippen molar-refractivity contribution in [3.8, 4) is 0 Å². The van der Waals surface area contributed by atoms with Gasteiger partial charge in [0.15, 0.2) is 0 Å². The standard InChI is InChI=1S/C8H15NO2/c1-6(10)9-5-7-3-2-4-8(7)11/h7-8,11H,2-5H2,1H3,(H,9,10)/t7-,8-/m0/s1. The Morgan fingerprint density at radius 3 is 2.82 bits per heavy atom. The Morgan fingerprint density at radius 2 is 2.36 bits per heavy atom. The molecule has 0 radical (unpaired) electrons. The van der Waals surface area contributed by atoms with Crippen LogP contribution in [0, 0.1) is 5.92 Å². The summed E-state index contributed by atoms with van der Waals surface area (Å²) in [4.78, 5) is 10.5. The van der Waals surface area contributed by atoms with Crippen LogP contribution in [0.1, 0.15) is 26.2 Å². The number of aliphatic hydroxyl groups excluding tert-OH is 1. The van der Waals surface area contributed by atoms with Crippen LogP contribution < -0.4 is 5.32 Å². The summed E-state index contributed by atoms with van der Waals surface area (Å²) in [5, 5.41) is 12.1. The van der Waals surface area contributed by atoms with Gasteiger partial charge in [-0.25, -0.2) is 0 Å². The lowest BCUT2D eigenvalue weighted by Gasteiger charge is -2.13. The van der Waals surface area contributed by atoms with Gasteiger partial charge in [-0.1, -0.05) is 6.42 Å². The zero-order chi connectivity index (χ0) is 8.27. The Balaban J connectivity index is 2.20. The molecule has 0 heterocycles. The quantitative estimate of drug-likeness (QED) is 0.605. The summed E-state index contributed by atoms with van der Waals surface area (Å²) in [6.07, 6.45) is 2.83. The third kappa shape index (κ3) is 2.50. The second-order valence-electron chi connectivity index (χ2n) is 3.20. The lowest BCUT2D eigenvalue weighted by Crippen LogP contribution is -2.30. The number of carbonyl (C=O) groups is 1. The molecule has 0 aromatic rings. The van der Waals surface area contributed by atoms with E-state index >= 15 is 0 Å². The van der Waals surface area contributed by atoms with Crippen molar-refractivity contribution in [2.75, 3.05) is 6.54 Å². The van der Waals surface area contributed by atoms with E-state index in [1.165, 1.54) is 6.92 Å². The summed E-state index contributed by atoms with van der Waals surface area (Å²) in [5.41, 5.74) is 0. The predicted octanol–water partition coefficient (Wildman–Crippen LogP) is 0.283. The summed E-state index contributed by atoms with van der Waals surface area (Å²) in [6.45, 7) is 2.14. The number of carbonyl (C=O) groups excluding carboxylic acids is 1. The van der Waals surface area contributed by atoms with E-state index in [0.29, 0.717) is 12.5 Å². The van der Waals surface area contributed by atoms with Crippen molar-refractivity contribution < 1.29 is 9.90 Å². The molecule has 1 saturated carbocycles. The van der Waals surface area contributed by atoms with Gasteiger partial charge in [-0.05, 0) is 12.8 Å². The van der Waals surface area contributed by atoms with Gasteiger partial charge >= 0.3 is 0 Å². The Labute approximate surface area is 66.8 Å². The monoisotopic (exact) mass is 157 g/mol. The lowest BCUT2D eigenvalue weighted by molar-refractivity contribution is -0.119. The molecule has 0 spiro atoms. The summed E-state index contributed by atoms with van der Waals surface area (Å²) >= 11 is 0. The summed E-state index contributed by atoms with van der Waals surface area (Å²) in [6, 6.07) is 0. The molecule has 1 rings (SSSR count). The molecule has 2 N–H and O–H groups in total. The molecule has 0 aliphatic heterocycles. The maximum absolute atomic E-state index is 10.5. The van der Waals surface area contributed by atoms with Crippen molar-refractivity contribution in [1.82, 2.24) is 5.32 Å². The first-order chi connectivity index (χ1) is 5.20. The van der Waals surface area contributed by atoms with Crippen molar-refractivity contribution in [3.63, 3.8) is 0 Å². The van der Waals surface area contributed by atoms with Crippen molar-refractivity contribution in [2.45, 2.75) is 32.3 Å². The summed E-state index contributed by atoms with van der Waals surface area (Å²) in [7, 11) is 0. The van der Waals surface area contributed by atoms with E-state index in [-0.39, 0.29) is 12.0 Å². The molecule has 0 bridgehead atoms. The van der Waals surface area contributed by atoms with E-state index in [1.54, 1.807) is 0 Å². The fourth-order valence-corrected chi connectivity index (χ4v) is 1.53. The van der Waals surface area contributed by atoms with E-state index in [2.05, 4.69) is 5.32 Å². The lowest BCUT2D eigenvalue weighted by atomic mass is 10.1. The molecular weight excluding hydrogens is 142 g/mol. The van der Waals surface area contributed by atoms with Crippen molar-refractivity contribution in [1.29, 1.82) is 0 Å². The van der Waals surface area contributed by atoms with Crippen LogP contribution in [0.5, 0.6) is 0 Å².